The van der Waals surface area contributed by atoms with Gasteiger partial charge in [-0.3, -0.25) is 0 Å². The molecule has 2 amide bonds. The SMILES string of the molecule is O=C(NCc1ccc(C(=O)O)o1)NCC1COCCO1. The van der Waals surface area contributed by atoms with Crippen LogP contribution < -0.4 is 10.6 Å². The zero-order valence-corrected chi connectivity index (χ0v) is 10.8. The Hall–Kier alpha value is -2.06. The Morgan fingerprint density at radius 1 is 1.30 bits per heavy atom. The molecule has 1 aromatic heterocycles. The number of amides is 2. The third-order valence-corrected chi connectivity index (χ3v) is 2.67. The summed E-state index contributed by atoms with van der Waals surface area (Å²) in [6.45, 7) is 2.03. The van der Waals surface area contributed by atoms with Gasteiger partial charge in [0, 0.05) is 6.54 Å². The number of carbonyl (C=O) groups is 2. The van der Waals surface area contributed by atoms with Crippen molar-refractivity contribution in [2.24, 2.45) is 0 Å². The molecule has 8 heteroatoms. The van der Waals surface area contributed by atoms with Crippen molar-refractivity contribution < 1.29 is 28.6 Å². The molecule has 1 unspecified atom stereocenters. The fourth-order valence-corrected chi connectivity index (χ4v) is 1.68. The molecule has 2 heterocycles. The molecule has 0 bridgehead atoms. The van der Waals surface area contributed by atoms with Crippen LogP contribution in [0.5, 0.6) is 0 Å². The van der Waals surface area contributed by atoms with Gasteiger partial charge in [-0.05, 0) is 12.1 Å². The van der Waals surface area contributed by atoms with Crippen LogP contribution in [0.2, 0.25) is 0 Å². The van der Waals surface area contributed by atoms with E-state index in [-0.39, 0.29) is 24.4 Å². The molecule has 1 saturated heterocycles. The molecule has 20 heavy (non-hydrogen) atoms. The molecule has 0 saturated carbocycles. The second-order valence-corrected chi connectivity index (χ2v) is 4.20. The van der Waals surface area contributed by atoms with Gasteiger partial charge in [-0.2, -0.15) is 0 Å². The van der Waals surface area contributed by atoms with E-state index >= 15 is 0 Å². The Morgan fingerprint density at radius 3 is 2.80 bits per heavy atom. The predicted molar refractivity (Wildman–Crippen MR) is 66.5 cm³/mol. The van der Waals surface area contributed by atoms with Crippen LogP contribution >= 0.6 is 0 Å². The molecule has 8 nitrogen and oxygen atoms in total. The number of urea groups is 1. The molecular weight excluding hydrogens is 268 g/mol. The van der Waals surface area contributed by atoms with Crippen LogP contribution in [0.4, 0.5) is 4.79 Å². The Labute approximate surface area is 115 Å². The molecule has 2 rings (SSSR count). The highest BCUT2D eigenvalue weighted by Gasteiger charge is 2.15. The maximum atomic E-state index is 11.5. The zero-order valence-electron chi connectivity index (χ0n) is 10.8. The quantitative estimate of drug-likeness (QED) is 0.712. The van der Waals surface area contributed by atoms with E-state index in [0.29, 0.717) is 32.1 Å². The van der Waals surface area contributed by atoms with Crippen molar-refractivity contribution in [1.29, 1.82) is 0 Å². The maximum Gasteiger partial charge on any atom is 0.371 e. The van der Waals surface area contributed by atoms with E-state index < -0.39 is 5.97 Å². The van der Waals surface area contributed by atoms with E-state index in [2.05, 4.69) is 10.6 Å². The third-order valence-electron chi connectivity index (χ3n) is 2.67. The first-order valence-electron chi connectivity index (χ1n) is 6.18. The summed E-state index contributed by atoms with van der Waals surface area (Å²) in [4.78, 5) is 22.1. The number of aromatic carboxylic acids is 1. The monoisotopic (exact) mass is 284 g/mol. The van der Waals surface area contributed by atoms with Crippen LogP contribution in [-0.2, 0) is 16.0 Å². The minimum absolute atomic E-state index is 0.112. The van der Waals surface area contributed by atoms with E-state index in [4.69, 9.17) is 19.0 Å². The molecule has 1 aliphatic rings. The Balaban J connectivity index is 1.67. The summed E-state index contributed by atoms with van der Waals surface area (Å²) in [6, 6.07) is 2.46. The van der Waals surface area contributed by atoms with Gasteiger partial charge in [0.15, 0.2) is 0 Å². The van der Waals surface area contributed by atoms with Crippen LogP contribution in [0.3, 0.4) is 0 Å². The lowest BCUT2D eigenvalue weighted by Crippen LogP contribution is -2.43. The van der Waals surface area contributed by atoms with E-state index in [0.717, 1.165) is 0 Å². The van der Waals surface area contributed by atoms with E-state index in [1.807, 2.05) is 0 Å². The number of ether oxygens (including phenoxy) is 2. The van der Waals surface area contributed by atoms with Gasteiger partial charge in [0.1, 0.15) is 5.76 Å². The van der Waals surface area contributed by atoms with Gasteiger partial charge in [-0.1, -0.05) is 0 Å². The number of hydrogen-bond acceptors (Lipinski definition) is 5. The summed E-state index contributed by atoms with van der Waals surface area (Å²) >= 11 is 0. The van der Waals surface area contributed by atoms with E-state index in [9.17, 15) is 9.59 Å². The minimum atomic E-state index is -1.14. The van der Waals surface area contributed by atoms with Gasteiger partial charge in [0.05, 0.1) is 32.5 Å². The van der Waals surface area contributed by atoms with Crippen molar-refractivity contribution in [3.8, 4) is 0 Å². The fraction of sp³-hybridized carbons (Fsp3) is 0.500. The molecule has 1 aromatic rings. The molecule has 1 fully saturated rings. The Bertz CT molecular complexity index is 466. The number of carboxylic acid groups (broad SMARTS) is 1. The van der Waals surface area contributed by atoms with Crippen molar-refractivity contribution >= 4 is 12.0 Å². The van der Waals surface area contributed by atoms with Gasteiger partial charge in [0.25, 0.3) is 0 Å². The van der Waals surface area contributed by atoms with E-state index in [1.54, 1.807) is 0 Å². The first-order chi connectivity index (χ1) is 9.65. The number of carbonyl (C=O) groups excluding carboxylic acids is 1. The van der Waals surface area contributed by atoms with Crippen molar-refractivity contribution in [1.82, 2.24) is 10.6 Å². The number of hydrogen-bond donors (Lipinski definition) is 3. The van der Waals surface area contributed by atoms with Crippen LogP contribution in [0.25, 0.3) is 0 Å². The summed E-state index contributed by atoms with van der Waals surface area (Å²) in [5.41, 5.74) is 0. The molecule has 0 spiro atoms. The summed E-state index contributed by atoms with van der Waals surface area (Å²) in [7, 11) is 0. The lowest BCUT2D eigenvalue weighted by molar-refractivity contribution is -0.0853. The molecule has 3 N–H and O–H groups in total. The van der Waals surface area contributed by atoms with Crippen molar-refractivity contribution in [2.45, 2.75) is 12.6 Å². The average molecular weight is 284 g/mol. The minimum Gasteiger partial charge on any atom is -0.475 e. The topological polar surface area (TPSA) is 110 Å². The van der Waals surface area contributed by atoms with Crippen molar-refractivity contribution in [3.05, 3.63) is 23.7 Å². The average Bonchev–Trinajstić information content (AvgIpc) is 2.93. The van der Waals surface area contributed by atoms with Crippen LogP contribution in [0, 0.1) is 0 Å². The highest BCUT2D eigenvalue weighted by atomic mass is 16.6. The Kier molecular flexibility index (Phi) is 4.97. The van der Waals surface area contributed by atoms with Gasteiger partial charge >= 0.3 is 12.0 Å². The van der Waals surface area contributed by atoms with Gasteiger partial charge in [-0.25, -0.2) is 9.59 Å². The summed E-state index contributed by atoms with van der Waals surface area (Å²) in [6.07, 6.45) is -0.142. The number of rotatable bonds is 5. The number of carboxylic acids is 1. The second-order valence-electron chi connectivity index (χ2n) is 4.20. The van der Waals surface area contributed by atoms with Gasteiger partial charge in [0.2, 0.25) is 5.76 Å². The normalized spacial score (nSPS) is 18.5. The second kappa shape index (κ2) is 6.92. The largest absolute Gasteiger partial charge is 0.475 e. The lowest BCUT2D eigenvalue weighted by atomic mass is 10.3. The highest BCUT2D eigenvalue weighted by molar-refractivity contribution is 5.84. The Morgan fingerprint density at radius 2 is 2.15 bits per heavy atom. The molecule has 0 radical (unpaired) electrons. The van der Waals surface area contributed by atoms with Crippen molar-refractivity contribution in [2.75, 3.05) is 26.4 Å². The summed E-state index contributed by atoms with van der Waals surface area (Å²) < 4.78 is 15.6. The molecule has 110 valence electrons. The zero-order chi connectivity index (χ0) is 14.4. The molecule has 0 aromatic carbocycles. The first kappa shape index (κ1) is 14.4. The number of nitrogens with one attached hydrogen (secondary N) is 2. The number of furan rings is 1. The van der Waals surface area contributed by atoms with Crippen molar-refractivity contribution in [3.63, 3.8) is 0 Å². The molecular formula is C12H16N2O6. The smallest absolute Gasteiger partial charge is 0.371 e. The van der Waals surface area contributed by atoms with Crippen LogP contribution in [0.1, 0.15) is 16.3 Å². The predicted octanol–water partition coefficient (Wildman–Crippen LogP) is 0.192. The van der Waals surface area contributed by atoms with Crippen LogP contribution in [0.15, 0.2) is 16.5 Å². The first-order valence-corrected chi connectivity index (χ1v) is 6.18. The molecule has 1 aliphatic heterocycles. The third kappa shape index (κ3) is 4.25. The van der Waals surface area contributed by atoms with E-state index in [1.165, 1.54) is 12.1 Å². The van der Waals surface area contributed by atoms with Gasteiger partial charge < -0.3 is 29.6 Å². The maximum absolute atomic E-state index is 11.5. The van der Waals surface area contributed by atoms with Crippen LogP contribution in [-0.4, -0.2) is 49.6 Å². The summed E-state index contributed by atoms with van der Waals surface area (Å²) in [5.74, 6) is -0.931. The standard InChI is InChI=1S/C12H16N2O6/c15-11(16)10-2-1-8(20-10)5-13-12(17)14-6-9-7-18-3-4-19-9/h1-2,9H,3-7H2,(H,15,16)(H2,13,14,17). The molecule has 1 atom stereocenters. The molecule has 0 aliphatic carbocycles. The lowest BCUT2D eigenvalue weighted by Gasteiger charge is -2.23. The summed E-state index contributed by atoms with van der Waals surface area (Å²) in [5, 5.41) is 13.9. The van der Waals surface area contributed by atoms with Gasteiger partial charge in [-0.15, -0.1) is 0 Å². The fourth-order valence-electron chi connectivity index (χ4n) is 1.68. The highest BCUT2D eigenvalue weighted by Crippen LogP contribution is 2.07.